The minimum atomic E-state index is -0.296. The highest BCUT2D eigenvalue weighted by Crippen LogP contribution is 2.35. The Morgan fingerprint density at radius 3 is 2.46 bits per heavy atom. The second kappa shape index (κ2) is 10.1. The Morgan fingerprint density at radius 2 is 1.82 bits per heavy atom. The molecule has 1 fully saturated rings. The lowest BCUT2D eigenvalue weighted by Gasteiger charge is -2.35. The van der Waals surface area contributed by atoms with E-state index >= 15 is 0 Å². The molecule has 1 aliphatic heterocycles. The summed E-state index contributed by atoms with van der Waals surface area (Å²) in [6.07, 6.45) is 9.15. The lowest BCUT2D eigenvalue weighted by molar-refractivity contribution is 0.249. The standard InChI is InChI=1S/C28H27N9O2/c1-34-17-22(15-32-34)21-11-23(27-24(12-29)28(38)33-37(27)18-21)20-4-5-25(30-14-20)36-9-7-35(8-10-36)16-19-3-6-26(39-2)31-13-19/h3-6,11,13-15,17-18H,7-10,16H2,1-2H3,(H,33,38). The number of ether oxygens (including phenoxy) is 1. The maximum absolute atomic E-state index is 10.3. The number of rotatable bonds is 6. The third-order valence-electron chi connectivity index (χ3n) is 7.03. The van der Waals surface area contributed by atoms with Crippen molar-refractivity contribution in [2.75, 3.05) is 38.2 Å². The van der Waals surface area contributed by atoms with Crippen molar-refractivity contribution < 1.29 is 9.84 Å². The van der Waals surface area contributed by atoms with Gasteiger partial charge in [0.1, 0.15) is 17.5 Å². The average molecular weight is 522 g/mol. The largest absolute Gasteiger partial charge is 0.491 e. The first-order valence-corrected chi connectivity index (χ1v) is 12.6. The number of anilines is 1. The zero-order valence-corrected chi connectivity index (χ0v) is 21.7. The van der Waals surface area contributed by atoms with Crippen LogP contribution in [0.25, 0.3) is 27.8 Å². The number of piperazine rings is 1. The molecule has 0 aromatic carbocycles. The summed E-state index contributed by atoms with van der Waals surface area (Å²) in [5.74, 6) is 1.23. The SMILES string of the molecule is COc1ccc(CN2CCN(c3ccc(-c4cc(-c5cnn(C)c5)cn5nc(O)c(C#N)c45)cn3)CC2)cn1. The monoisotopic (exact) mass is 521 g/mol. The van der Waals surface area contributed by atoms with Gasteiger partial charge in [0, 0.05) is 92.9 Å². The molecule has 1 saturated heterocycles. The molecule has 1 N–H and O–H groups in total. The van der Waals surface area contributed by atoms with Crippen molar-refractivity contribution in [2.45, 2.75) is 6.54 Å². The van der Waals surface area contributed by atoms with E-state index in [0.717, 1.165) is 66.4 Å². The number of aromatic hydroxyl groups is 1. The second-order valence-corrected chi connectivity index (χ2v) is 9.53. The second-order valence-electron chi connectivity index (χ2n) is 9.53. The molecule has 1 aliphatic rings. The molecule has 6 rings (SSSR count). The van der Waals surface area contributed by atoms with E-state index in [0.29, 0.717) is 11.4 Å². The fourth-order valence-corrected chi connectivity index (χ4v) is 4.97. The Bertz CT molecular complexity index is 1660. The molecule has 11 nitrogen and oxygen atoms in total. The van der Waals surface area contributed by atoms with Crippen LogP contribution in [0.5, 0.6) is 11.8 Å². The molecule has 0 unspecified atom stereocenters. The fraction of sp³-hybridized carbons (Fsp3) is 0.250. The predicted molar refractivity (Wildman–Crippen MR) is 145 cm³/mol. The van der Waals surface area contributed by atoms with Gasteiger partial charge in [0.15, 0.2) is 0 Å². The number of aromatic nitrogens is 6. The molecular weight excluding hydrogens is 494 g/mol. The van der Waals surface area contributed by atoms with Crippen LogP contribution in [-0.4, -0.2) is 72.7 Å². The van der Waals surface area contributed by atoms with Crippen molar-refractivity contribution in [1.82, 2.24) is 34.3 Å². The summed E-state index contributed by atoms with van der Waals surface area (Å²) in [7, 11) is 3.48. The first-order chi connectivity index (χ1) is 19.0. The number of aryl methyl sites for hydroxylation is 1. The van der Waals surface area contributed by atoms with E-state index in [1.54, 1.807) is 28.7 Å². The van der Waals surface area contributed by atoms with Crippen LogP contribution in [0.1, 0.15) is 11.1 Å². The quantitative estimate of drug-likeness (QED) is 0.359. The molecule has 5 aromatic heterocycles. The Kier molecular flexibility index (Phi) is 6.30. The Hall–Kier alpha value is -4.95. The highest BCUT2D eigenvalue weighted by molar-refractivity contribution is 5.88. The maximum Gasteiger partial charge on any atom is 0.249 e. The summed E-state index contributed by atoms with van der Waals surface area (Å²) in [5.41, 5.74) is 5.20. The summed E-state index contributed by atoms with van der Waals surface area (Å²) in [6, 6.07) is 12.0. The summed E-state index contributed by atoms with van der Waals surface area (Å²) in [4.78, 5) is 13.8. The van der Waals surface area contributed by atoms with E-state index in [2.05, 4.69) is 37.1 Å². The number of methoxy groups -OCH3 is 1. The fourth-order valence-electron chi connectivity index (χ4n) is 4.97. The van der Waals surface area contributed by atoms with E-state index in [1.165, 1.54) is 0 Å². The van der Waals surface area contributed by atoms with Gasteiger partial charge < -0.3 is 14.7 Å². The summed E-state index contributed by atoms with van der Waals surface area (Å²) < 4.78 is 8.43. The Labute approximate surface area is 225 Å². The van der Waals surface area contributed by atoms with Gasteiger partial charge in [-0.15, -0.1) is 5.10 Å². The smallest absolute Gasteiger partial charge is 0.249 e. The van der Waals surface area contributed by atoms with Gasteiger partial charge in [-0.05, 0) is 23.8 Å². The lowest BCUT2D eigenvalue weighted by atomic mass is 10.0. The van der Waals surface area contributed by atoms with Gasteiger partial charge in [-0.25, -0.2) is 14.5 Å². The molecule has 0 aliphatic carbocycles. The van der Waals surface area contributed by atoms with Crippen molar-refractivity contribution in [1.29, 1.82) is 5.26 Å². The van der Waals surface area contributed by atoms with Crippen molar-refractivity contribution in [3.05, 3.63) is 72.4 Å². The third kappa shape index (κ3) is 4.73. The number of pyridine rings is 3. The summed E-state index contributed by atoms with van der Waals surface area (Å²) >= 11 is 0. The van der Waals surface area contributed by atoms with Crippen LogP contribution in [0.15, 0.2) is 61.3 Å². The van der Waals surface area contributed by atoms with Gasteiger partial charge in [-0.2, -0.15) is 10.4 Å². The molecule has 11 heteroatoms. The van der Waals surface area contributed by atoms with Gasteiger partial charge >= 0.3 is 0 Å². The van der Waals surface area contributed by atoms with Crippen molar-refractivity contribution in [3.63, 3.8) is 0 Å². The van der Waals surface area contributed by atoms with E-state index in [9.17, 15) is 10.4 Å². The topological polar surface area (TPSA) is 121 Å². The molecule has 39 heavy (non-hydrogen) atoms. The zero-order valence-electron chi connectivity index (χ0n) is 21.7. The van der Waals surface area contributed by atoms with Crippen LogP contribution in [0.3, 0.4) is 0 Å². The highest BCUT2D eigenvalue weighted by Gasteiger charge is 2.21. The third-order valence-corrected chi connectivity index (χ3v) is 7.03. The van der Waals surface area contributed by atoms with Crippen molar-refractivity contribution in [2.24, 2.45) is 7.05 Å². The van der Waals surface area contributed by atoms with E-state index in [1.807, 2.05) is 49.9 Å². The van der Waals surface area contributed by atoms with E-state index in [4.69, 9.17) is 9.72 Å². The van der Waals surface area contributed by atoms with Crippen LogP contribution in [0.2, 0.25) is 0 Å². The highest BCUT2D eigenvalue weighted by atomic mass is 16.5. The number of hydrogen-bond donors (Lipinski definition) is 1. The van der Waals surface area contributed by atoms with E-state index < -0.39 is 0 Å². The normalized spacial score (nSPS) is 14.0. The number of nitriles is 1. The molecular formula is C28H27N9O2. The van der Waals surface area contributed by atoms with Gasteiger partial charge in [-0.1, -0.05) is 6.07 Å². The first kappa shape index (κ1) is 24.4. The zero-order chi connectivity index (χ0) is 26.9. The lowest BCUT2D eigenvalue weighted by Crippen LogP contribution is -2.46. The van der Waals surface area contributed by atoms with Crippen LogP contribution < -0.4 is 9.64 Å². The van der Waals surface area contributed by atoms with Crippen LogP contribution in [0.4, 0.5) is 5.82 Å². The van der Waals surface area contributed by atoms with Crippen LogP contribution in [0, 0.1) is 11.3 Å². The van der Waals surface area contributed by atoms with Gasteiger partial charge in [0.2, 0.25) is 11.8 Å². The van der Waals surface area contributed by atoms with Crippen LogP contribution in [-0.2, 0) is 13.6 Å². The number of nitrogens with zero attached hydrogens (tertiary/aromatic N) is 9. The molecule has 5 aromatic rings. The predicted octanol–water partition coefficient (Wildman–Crippen LogP) is 3.10. The minimum Gasteiger partial charge on any atom is -0.491 e. The van der Waals surface area contributed by atoms with Gasteiger partial charge in [0.25, 0.3) is 0 Å². The van der Waals surface area contributed by atoms with E-state index in [-0.39, 0.29) is 11.4 Å². The average Bonchev–Trinajstić information content (AvgIpc) is 3.55. The molecule has 6 heterocycles. The molecule has 0 bridgehead atoms. The first-order valence-electron chi connectivity index (χ1n) is 12.6. The molecule has 0 amide bonds. The maximum atomic E-state index is 10.3. The molecule has 0 saturated carbocycles. The van der Waals surface area contributed by atoms with Gasteiger partial charge in [0.05, 0.1) is 18.8 Å². The number of hydrogen-bond acceptors (Lipinski definition) is 9. The summed E-state index contributed by atoms with van der Waals surface area (Å²) in [5, 5.41) is 28.5. The molecule has 0 radical (unpaired) electrons. The Morgan fingerprint density at radius 1 is 0.974 bits per heavy atom. The minimum absolute atomic E-state index is 0.134. The molecule has 0 spiro atoms. The van der Waals surface area contributed by atoms with Crippen LogP contribution >= 0.6 is 0 Å². The Balaban J connectivity index is 1.23. The van der Waals surface area contributed by atoms with Crippen molar-refractivity contribution >= 4 is 11.3 Å². The van der Waals surface area contributed by atoms with Crippen molar-refractivity contribution in [3.8, 4) is 40.1 Å². The number of fused-ring (bicyclic) bond motifs is 1. The molecule has 0 atom stereocenters. The van der Waals surface area contributed by atoms with Gasteiger partial charge in [-0.3, -0.25) is 9.58 Å². The molecule has 196 valence electrons. The summed E-state index contributed by atoms with van der Waals surface area (Å²) in [6.45, 7) is 4.42.